The first kappa shape index (κ1) is 33.1. The lowest BCUT2D eigenvalue weighted by atomic mass is 10.1. The summed E-state index contributed by atoms with van der Waals surface area (Å²) in [5.74, 6) is 1.27. The molecule has 13 heteroatoms. The standard InChI is InChI=1S/C34H43ClN8O4/c1-23-19-25(32(36-7-9-42-11-15-46-16-12-42)37-8-10-43-13-17-47-18-14-43)21-28-31(23)41-33(40-28)30-27(5-6-38-34(30)45)39-22-29(44)24-3-2-4-26(35)20-24/h2-6,19-21,29,44H,7-18,22H2,1H3,(H,36,37)(H,40,41)(H2,38,39,45). The van der Waals surface area contributed by atoms with Crippen LogP contribution in [0.3, 0.4) is 0 Å². The summed E-state index contributed by atoms with van der Waals surface area (Å²) in [7, 11) is 0. The Bertz CT molecular complexity index is 1730. The van der Waals surface area contributed by atoms with Gasteiger partial charge in [-0.3, -0.25) is 19.6 Å². The molecule has 1 atom stereocenters. The number of benzene rings is 2. The number of imidazole rings is 1. The van der Waals surface area contributed by atoms with E-state index in [0.717, 1.165) is 100 Å². The third-order valence-corrected chi connectivity index (χ3v) is 8.82. The Labute approximate surface area is 279 Å². The number of nitrogens with zero attached hydrogens (tertiary/aromatic N) is 4. The molecule has 2 saturated heterocycles. The van der Waals surface area contributed by atoms with Gasteiger partial charge in [0.05, 0.1) is 55.8 Å². The number of aliphatic hydroxyl groups excluding tert-OH is 1. The number of hydrogen-bond acceptors (Lipinski definition) is 9. The molecular weight excluding hydrogens is 620 g/mol. The topological polar surface area (TPSA) is 143 Å². The Morgan fingerprint density at radius 3 is 2.55 bits per heavy atom. The van der Waals surface area contributed by atoms with Gasteiger partial charge in [-0.2, -0.15) is 0 Å². The van der Waals surface area contributed by atoms with Crippen LogP contribution in [0.1, 0.15) is 22.8 Å². The maximum Gasteiger partial charge on any atom is 0.261 e. The summed E-state index contributed by atoms with van der Waals surface area (Å²) in [6.07, 6.45) is 0.756. The highest BCUT2D eigenvalue weighted by molar-refractivity contribution is 6.30. The molecule has 4 aromatic rings. The molecule has 1 unspecified atom stereocenters. The van der Waals surface area contributed by atoms with Crippen LogP contribution in [0.4, 0.5) is 5.69 Å². The summed E-state index contributed by atoms with van der Waals surface area (Å²) < 4.78 is 11.0. The van der Waals surface area contributed by atoms with Crippen LogP contribution < -0.4 is 16.2 Å². The van der Waals surface area contributed by atoms with Crippen LogP contribution in [0.15, 0.2) is 58.4 Å². The van der Waals surface area contributed by atoms with E-state index in [0.29, 0.717) is 34.2 Å². The van der Waals surface area contributed by atoms with Crippen molar-refractivity contribution >= 4 is 34.2 Å². The lowest BCUT2D eigenvalue weighted by Gasteiger charge is -2.27. The Morgan fingerprint density at radius 1 is 1.06 bits per heavy atom. The smallest absolute Gasteiger partial charge is 0.261 e. The molecule has 0 spiro atoms. The number of nitrogens with one attached hydrogen (secondary N) is 4. The van der Waals surface area contributed by atoms with Crippen molar-refractivity contribution in [1.29, 1.82) is 0 Å². The van der Waals surface area contributed by atoms with Crippen LogP contribution in [-0.2, 0) is 9.47 Å². The van der Waals surface area contributed by atoms with Crippen LogP contribution in [0.25, 0.3) is 22.4 Å². The minimum atomic E-state index is -0.821. The predicted molar refractivity (Wildman–Crippen MR) is 186 cm³/mol. The zero-order chi connectivity index (χ0) is 32.6. The molecule has 2 aromatic heterocycles. The average molecular weight is 663 g/mol. The number of aryl methyl sites for hydroxylation is 1. The summed E-state index contributed by atoms with van der Waals surface area (Å²) in [6, 6.07) is 13.0. The zero-order valence-corrected chi connectivity index (χ0v) is 27.5. The van der Waals surface area contributed by atoms with Crippen molar-refractivity contribution in [3.05, 3.63) is 80.7 Å². The fourth-order valence-corrected chi connectivity index (χ4v) is 6.18. The van der Waals surface area contributed by atoms with Gasteiger partial charge in [0.25, 0.3) is 5.56 Å². The molecule has 4 heterocycles. The molecule has 0 radical (unpaired) electrons. The first-order valence-corrected chi connectivity index (χ1v) is 16.6. The number of fused-ring (bicyclic) bond motifs is 1. The number of aliphatic imine (C=N–C) groups is 1. The highest BCUT2D eigenvalue weighted by atomic mass is 35.5. The Balaban J connectivity index is 1.24. The minimum absolute atomic E-state index is 0.181. The summed E-state index contributed by atoms with van der Waals surface area (Å²) in [4.78, 5) is 34.0. The molecule has 5 N–H and O–H groups in total. The SMILES string of the molecule is Cc1cc(/C(=N/CCN2CCOCC2)NCCN2CCOCC2)cc2[nH]c(-c3c(NCC(O)c4cccc(Cl)c4)cc[nH]c3=O)nc12. The van der Waals surface area contributed by atoms with Crippen LogP contribution in [0.2, 0.25) is 5.02 Å². The van der Waals surface area contributed by atoms with E-state index < -0.39 is 6.10 Å². The van der Waals surface area contributed by atoms with Crippen molar-refractivity contribution in [2.24, 2.45) is 4.99 Å². The number of pyridine rings is 1. The van der Waals surface area contributed by atoms with E-state index in [2.05, 4.69) is 36.5 Å². The van der Waals surface area contributed by atoms with Gasteiger partial charge in [-0.1, -0.05) is 23.7 Å². The largest absolute Gasteiger partial charge is 0.387 e. The monoisotopic (exact) mass is 662 g/mol. The Kier molecular flexibility index (Phi) is 11.2. The molecule has 250 valence electrons. The van der Waals surface area contributed by atoms with E-state index in [-0.39, 0.29) is 12.1 Å². The third kappa shape index (κ3) is 8.58. The van der Waals surface area contributed by atoms with Crippen LogP contribution in [0, 0.1) is 6.92 Å². The average Bonchev–Trinajstić information content (AvgIpc) is 3.52. The first-order chi connectivity index (χ1) is 22.9. The van der Waals surface area contributed by atoms with E-state index in [9.17, 15) is 9.90 Å². The maximum absolute atomic E-state index is 13.1. The number of amidine groups is 1. The minimum Gasteiger partial charge on any atom is -0.387 e. The molecule has 0 saturated carbocycles. The predicted octanol–water partition coefficient (Wildman–Crippen LogP) is 3.03. The van der Waals surface area contributed by atoms with E-state index in [1.807, 2.05) is 19.1 Å². The van der Waals surface area contributed by atoms with Gasteiger partial charge in [-0.15, -0.1) is 0 Å². The molecule has 0 bridgehead atoms. The maximum atomic E-state index is 13.1. The summed E-state index contributed by atoms with van der Waals surface area (Å²) in [5.41, 5.74) is 4.82. The van der Waals surface area contributed by atoms with Crippen LogP contribution in [0.5, 0.6) is 0 Å². The van der Waals surface area contributed by atoms with Gasteiger partial charge in [0.2, 0.25) is 0 Å². The van der Waals surface area contributed by atoms with Gasteiger partial charge in [0, 0.05) is 69.1 Å². The quantitative estimate of drug-likeness (QED) is 0.114. The second-order valence-corrected chi connectivity index (χ2v) is 12.3. The van der Waals surface area contributed by atoms with Gasteiger partial charge in [0.1, 0.15) is 17.2 Å². The van der Waals surface area contributed by atoms with Crippen molar-refractivity contribution < 1.29 is 14.6 Å². The van der Waals surface area contributed by atoms with Gasteiger partial charge in [-0.05, 0) is 48.4 Å². The van der Waals surface area contributed by atoms with Gasteiger partial charge >= 0.3 is 0 Å². The number of H-pyrrole nitrogens is 2. The summed E-state index contributed by atoms with van der Waals surface area (Å²) in [5, 5.41) is 18.2. The highest BCUT2D eigenvalue weighted by Gasteiger charge is 2.19. The molecule has 12 nitrogen and oxygen atoms in total. The number of hydrogen-bond donors (Lipinski definition) is 5. The fourth-order valence-electron chi connectivity index (χ4n) is 5.98. The van der Waals surface area contributed by atoms with Crippen molar-refractivity contribution in [1.82, 2.24) is 30.1 Å². The molecule has 2 aromatic carbocycles. The van der Waals surface area contributed by atoms with Gasteiger partial charge < -0.3 is 35.2 Å². The molecule has 0 aliphatic carbocycles. The summed E-state index contributed by atoms with van der Waals surface area (Å²) >= 11 is 6.12. The number of anilines is 1. The molecule has 2 fully saturated rings. The number of halogens is 1. The normalized spacial score (nSPS) is 17.2. The summed E-state index contributed by atoms with van der Waals surface area (Å²) in [6.45, 7) is 12.2. The highest BCUT2D eigenvalue weighted by Crippen LogP contribution is 2.27. The second kappa shape index (κ2) is 15.9. The van der Waals surface area contributed by atoms with Crippen molar-refractivity contribution in [3.8, 4) is 11.4 Å². The molecular formula is C34H43ClN8O4. The molecule has 2 aliphatic heterocycles. The van der Waals surface area contributed by atoms with E-state index in [1.54, 1.807) is 30.5 Å². The molecule has 47 heavy (non-hydrogen) atoms. The van der Waals surface area contributed by atoms with Crippen LogP contribution >= 0.6 is 11.6 Å². The van der Waals surface area contributed by atoms with E-state index in [1.165, 1.54) is 0 Å². The van der Waals surface area contributed by atoms with E-state index in [4.69, 9.17) is 31.1 Å². The number of aromatic amines is 2. The van der Waals surface area contributed by atoms with Crippen LogP contribution in [-0.4, -0.2) is 121 Å². The number of rotatable bonds is 12. The Hall–Kier alpha value is -3.78. The molecule has 0 amide bonds. The van der Waals surface area contributed by atoms with Crippen molar-refractivity contribution in [2.45, 2.75) is 13.0 Å². The lowest BCUT2D eigenvalue weighted by molar-refractivity contribution is 0.0389. The van der Waals surface area contributed by atoms with Crippen molar-refractivity contribution in [2.75, 3.05) is 90.6 Å². The van der Waals surface area contributed by atoms with E-state index >= 15 is 0 Å². The number of aliphatic hydroxyl groups is 1. The van der Waals surface area contributed by atoms with Gasteiger partial charge in [-0.25, -0.2) is 4.98 Å². The third-order valence-electron chi connectivity index (χ3n) is 8.58. The lowest BCUT2D eigenvalue weighted by Crippen LogP contribution is -2.41. The van der Waals surface area contributed by atoms with Gasteiger partial charge in [0.15, 0.2) is 0 Å². The number of ether oxygens (including phenoxy) is 2. The zero-order valence-electron chi connectivity index (χ0n) is 26.7. The fraction of sp³-hybridized carbons (Fsp3) is 0.441. The number of morpholine rings is 2. The molecule has 2 aliphatic rings. The Morgan fingerprint density at radius 2 is 1.81 bits per heavy atom. The van der Waals surface area contributed by atoms with Crippen molar-refractivity contribution in [3.63, 3.8) is 0 Å². The second-order valence-electron chi connectivity index (χ2n) is 11.9. The molecule has 6 rings (SSSR count). The number of aromatic nitrogens is 3. The first-order valence-electron chi connectivity index (χ1n) is 16.2.